The van der Waals surface area contributed by atoms with Crippen molar-refractivity contribution in [3.05, 3.63) is 29.3 Å². The van der Waals surface area contributed by atoms with Gasteiger partial charge in [-0.3, -0.25) is 0 Å². The summed E-state index contributed by atoms with van der Waals surface area (Å²) in [6.45, 7) is 11.8. The molecule has 1 saturated heterocycles. The van der Waals surface area contributed by atoms with E-state index >= 15 is 0 Å². The van der Waals surface area contributed by atoms with E-state index in [9.17, 15) is 0 Å². The zero-order valence-corrected chi connectivity index (χ0v) is 12.9. The second-order valence-corrected chi connectivity index (χ2v) is 6.56. The van der Waals surface area contributed by atoms with Crippen LogP contribution in [0, 0.1) is 13.8 Å². The van der Waals surface area contributed by atoms with Crippen molar-refractivity contribution in [2.45, 2.75) is 39.3 Å². The Morgan fingerprint density at radius 3 is 2.58 bits per heavy atom. The lowest BCUT2D eigenvalue weighted by Gasteiger charge is -2.52. The quantitative estimate of drug-likeness (QED) is 0.885. The smallest absolute Gasteiger partial charge is 0.0545 e. The lowest BCUT2D eigenvalue weighted by atomic mass is 9.92. The summed E-state index contributed by atoms with van der Waals surface area (Å²) in [5.41, 5.74) is 10.1. The molecular weight excluding hydrogens is 234 g/mol. The number of hydrogen-bond acceptors (Lipinski definition) is 3. The van der Waals surface area contributed by atoms with E-state index < -0.39 is 0 Å². The minimum Gasteiger partial charge on any atom is -0.359 e. The van der Waals surface area contributed by atoms with Gasteiger partial charge in [-0.05, 0) is 46.4 Å². The first-order chi connectivity index (χ1) is 8.85. The third-order valence-electron chi connectivity index (χ3n) is 4.08. The van der Waals surface area contributed by atoms with Crippen LogP contribution < -0.4 is 10.6 Å². The van der Waals surface area contributed by atoms with Gasteiger partial charge in [0.05, 0.1) is 6.04 Å². The number of benzene rings is 1. The van der Waals surface area contributed by atoms with Crippen molar-refractivity contribution >= 4 is 5.69 Å². The van der Waals surface area contributed by atoms with Crippen molar-refractivity contribution in [3.63, 3.8) is 0 Å². The molecule has 3 nitrogen and oxygen atoms in total. The fourth-order valence-corrected chi connectivity index (χ4v) is 3.52. The van der Waals surface area contributed by atoms with Crippen molar-refractivity contribution in [1.29, 1.82) is 0 Å². The van der Waals surface area contributed by atoms with E-state index in [4.69, 9.17) is 5.73 Å². The van der Waals surface area contributed by atoms with Gasteiger partial charge in [-0.15, -0.1) is 0 Å². The van der Waals surface area contributed by atoms with E-state index in [2.05, 4.69) is 62.7 Å². The van der Waals surface area contributed by atoms with Crippen LogP contribution in [0.2, 0.25) is 0 Å². The average Bonchev–Trinajstić information content (AvgIpc) is 2.28. The predicted octanol–water partition coefficient (Wildman–Crippen LogP) is 2.16. The monoisotopic (exact) mass is 261 g/mol. The van der Waals surface area contributed by atoms with Crippen LogP contribution in [0.5, 0.6) is 0 Å². The molecule has 0 bridgehead atoms. The van der Waals surface area contributed by atoms with Gasteiger partial charge in [0.25, 0.3) is 0 Å². The van der Waals surface area contributed by atoms with Crippen LogP contribution in [-0.2, 0) is 0 Å². The topological polar surface area (TPSA) is 32.5 Å². The molecule has 106 valence electrons. The minimum absolute atomic E-state index is 0.108. The fraction of sp³-hybridized carbons (Fsp3) is 0.625. The molecule has 2 N–H and O–H groups in total. The molecule has 3 heteroatoms. The minimum atomic E-state index is 0.108. The van der Waals surface area contributed by atoms with Gasteiger partial charge in [0.1, 0.15) is 0 Å². The van der Waals surface area contributed by atoms with Gasteiger partial charge >= 0.3 is 0 Å². The second kappa shape index (κ2) is 5.14. The van der Waals surface area contributed by atoms with Gasteiger partial charge in [0.15, 0.2) is 0 Å². The van der Waals surface area contributed by atoms with Crippen LogP contribution >= 0.6 is 0 Å². The largest absolute Gasteiger partial charge is 0.359 e. The van der Waals surface area contributed by atoms with Crippen molar-refractivity contribution in [2.75, 3.05) is 31.6 Å². The third kappa shape index (κ3) is 2.77. The van der Waals surface area contributed by atoms with E-state index in [1.54, 1.807) is 0 Å². The Labute approximate surface area is 117 Å². The summed E-state index contributed by atoms with van der Waals surface area (Å²) in [6, 6.07) is 7.09. The van der Waals surface area contributed by atoms with Gasteiger partial charge in [-0.1, -0.05) is 17.7 Å². The van der Waals surface area contributed by atoms with Crippen molar-refractivity contribution < 1.29 is 0 Å². The fourth-order valence-electron chi connectivity index (χ4n) is 3.52. The zero-order chi connectivity index (χ0) is 14.2. The maximum Gasteiger partial charge on any atom is 0.0545 e. The van der Waals surface area contributed by atoms with Gasteiger partial charge in [0.2, 0.25) is 0 Å². The van der Waals surface area contributed by atoms with Gasteiger partial charge in [-0.2, -0.15) is 0 Å². The molecule has 1 unspecified atom stereocenters. The number of anilines is 1. The highest BCUT2D eigenvalue weighted by atomic mass is 15.3. The average molecular weight is 261 g/mol. The maximum atomic E-state index is 6.03. The van der Waals surface area contributed by atoms with Crippen molar-refractivity contribution in [3.8, 4) is 0 Å². The molecule has 0 spiro atoms. The summed E-state index contributed by atoms with van der Waals surface area (Å²) in [6.07, 6.45) is 0. The van der Waals surface area contributed by atoms with Crippen molar-refractivity contribution in [2.24, 2.45) is 5.73 Å². The number of rotatable bonds is 2. The van der Waals surface area contributed by atoms with Gasteiger partial charge < -0.3 is 15.5 Å². The Morgan fingerprint density at radius 1 is 1.32 bits per heavy atom. The molecule has 19 heavy (non-hydrogen) atoms. The molecule has 0 radical (unpaired) electrons. The normalized spacial score (nSPS) is 23.7. The molecule has 0 aromatic heterocycles. The van der Waals surface area contributed by atoms with Gasteiger partial charge in [-0.25, -0.2) is 0 Å². The van der Waals surface area contributed by atoms with Crippen LogP contribution in [0.15, 0.2) is 18.2 Å². The Hall–Kier alpha value is -1.06. The number of nitrogens with two attached hydrogens (primary N) is 1. The van der Waals surface area contributed by atoms with E-state index in [0.29, 0.717) is 12.6 Å². The highest BCUT2D eigenvalue weighted by Crippen LogP contribution is 2.33. The Bertz CT molecular complexity index is 453. The number of piperazine rings is 1. The Morgan fingerprint density at radius 2 is 2.00 bits per heavy atom. The predicted molar refractivity (Wildman–Crippen MR) is 82.8 cm³/mol. The summed E-state index contributed by atoms with van der Waals surface area (Å²) in [5, 5.41) is 0. The maximum absolute atomic E-state index is 6.03. The molecule has 1 aliphatic rings. The lowest BCUT2D eigenvalue weighted by molar-refractivity contribution is 0.182. The lowest BCUT2D eigenvalue weighted by Crippen LogP contribution is -2.65. The molecule has 1 atom stereocenters. The van der Waals surface area contributed by atoms with E-state index in [1.165, 1.54) is 16.8 Å². The summed E-state index contributed by atoms with van der Waals surface area (Å²) in [4.78, 5) is 4.92. The highest BCUT2D eigenvalue weighted by Gasteiger charge is 2.38. The molecule has 1 aromatic rings. The first-order valence-corrected chi connectivity index (χ1v) is 7.10. The van der Waals surface area contributed by atoms with E-state index in [1.807, 2.05) is 0 Å². The molecule has 0 saturated carbocycles. The molecular formula is C16H27N3. The summed E-state index contributed by atoms with van der Waals surface area (Å²) in [5.74, 6) is 0. The molecule has 1 fully saturated rings. The van der Waals surface area contributed by atoms with Crippen LogP contribution in [0.1, 0.15) is 25.0 Å². The standard InChI is InChI=1S/C16H27N3/c1-12-6-7-15(13(2)8-12)19-14(9-17)10-18(5)11-16(19,3)4/h6-8,14H,9-11,17H2,1-5H3. The van der Waals surface area contributed by atoms with Crippen LogP contribution in [0.25, 0.3) is 0 Å². The Balaban J connectivity index is 2.43. The zero-order valence-electron chi connectivity index (χ0n) is 12.9. The summed E-state index contributed by atoms with van der Waals surface area (Å²) < 4.78 is 0. The number of likely N-dealkylation sites (N-methyl/N-ethyl adjacent to an activating group) is 1. The summed E-state index contributed by atoms with van der Waals surface area (Å²) >= 11 is 0. The second-order valence-electron chi connectivity index (χ2n) is 6.56. The van der Waals surface area contributed by atoms with Crippen molar-refractivity contribution in [1.82, 2.24) is 4.90 Å². The van der Waals surface area contributed by atoms with Gasteiger partial charge in [0, 0.05) is 30.9 Å². The third-order valence-corrected chi connectivity index (χ3v) is 4.08. The first kappa shape index (κ1) is 14.4. The number of hydrogen-bond donors (Lipinski definition) is 1. The van der Waals surface area contributed by atoms with Crippen LogP contribution in [0.3, 0.4) is 0 Å². The first-order valence-electron chi connectivity index (χ1n) is 7.10. The molecule has 1 aromatic carbocycles. The SMILES string of the molecule is Cc1ccc(N2C(CN)CN(C)CC2(C)C)c(C)c1. The molecule has 1 aliphatic heterocycles. The molecule has 0 amide bonds. The summed E-state index contributed by atoms with van der Waals surface area (Å²) in [7, 11) is 2.18. The molecule has 2 rings (SSSR count). The van der Waals surface area contributed by atoms with Crippen LogP contribution in [-0.4, -0.2) is 43.2 Å². The Kier molecular flexibility index (Phi) is 3.88. The number of nitrogens with zero attached hydrogens (tertiary/aromatic N) is 2. The van der Waals surface area contributed by atoms with Crippen LogP contribution in [0.4, 0.5) is 5.69 Å². The van der Waals surface area contributed by atoms with E-state index in [0.717, 1.165) is 13.1 Å². The highest BCUT2D eigenvalue weighted by molar-refractivity contribution is 5.57. The van der Waals surface area contributed by atoms with E-state index in [-0.39, 0.29) is 5.54 Å². The number of aryl methyl sites for hydroxylation is 2. The molecule has 0 aliphatic carbocycles. The molecule has 1 heterocycles.